The highest BCUT2D eigenvalue weighted by Crippen LogP contribution is 2.30. The summed E-state index contributed by atoms with van der Waals surface area (Å²) in [6, 6.07) is -1.35. The highest BCUT2D eigenvalue weighted by Gasteiger charge is 2.48. The summed E-state index contributed by atoms with van der Waals surface area (Å²) >= 11 is -2.57. The second-order valence-corrected chi connectivity index (χ2v) is 8.17. The van der Waals surface area contributed by atoms with E-state index < -0.39 is 23.4 Å². The molecule has 0 aromatic carbocycles. The number of piperidine rings is 1. The Labute approximate surface area is 159 Å². The van der Waals surface area contributed by atoms with Crippen molar-refractivity contribution in [3.63, 3.8) is 0 Å². The molecule has 0 aromatic rings. The van der Waals surface area contributed by atoms with Gasteiger partial charge in [0.25, 0.3) is 5.91 Å². The zero-order valence-electron chi connectivity index (χ0n) is 14.9. The molecule has 152 valence electrons. The molecule has 2 bridgehead atoms. The van der Waals surface area contributed by atoms with Gasteiger partial charge in [-0.05, 0) is 31.7 Å². The maximum absolute atomic E-state index is 12.4. The van der Waals surface area contributed by atoms with Crippen molar-refractivity contribution in [2.45, 2.75) is 37.4 Å². The normalized spacial score (nSPS) is 34.2. The first-order valence-corrected chi connectivity index (χ1v) is 10.3. The molecule has 4 rings (SSSR count). The summed E-state index contributed by atoms with van der Waals surface area (Å²) in [6.45, 7) is 5.14. The number of hydrogen-bond donors (Lipinski definition) is 3. The van der Waals surface area contributed by atoms with E-state index in [-0.39, 0.29) is 24.5 Å². The Balaban J connectivity index is 1.21. The summed E-state index contributed by atoms with van der Waals surface area (Å²) in [4.78, 5) is 33.9. The largest absolute Gasteiger partial charge is 0.346 e. The van der Waals surface area contributed by atoms with E-state index in [4.69, 9.17) is 9.39 Å². The Hall–Kier alpha value is -1.31. The number of amides is 3. The Morgan fingerprint density at radius 1 is 1.37 bits per heavy atom. The first-order chi connectivity index (χ1) is 13.0. The molecule has 0 aromatic heterocycles. The SMILES string of the molecule is O=C(NOC[C@@H]1C[C@H](CN2CC2)CN1)C1CCC2CN1C(=O)N2OS(=O)O. The molecule has 3 amide bonds. The molecule has 27 heavy (non-hydrogen) atoms. The van der Waals surface area contributed by atoms with Crippen molar-refractivity contribution in [2.75, 3.05) is 39.3 Å². The predicted octanol–water partition coefficient (Wildman–Crippen LogP) is -1.34. The maximum atomic E-state index is 12.4. The highest BCUT2D eigenvalue weighted by atomic mass is 32.2. The van der Waals surface area contributed by atoms with Gasteiger partial charge in [0.1, 0.15) is 6.04 Å². The lowest BCUT2D eigenvalue weighted by Crippen LogP contribution is -2.50. The molecule has 4 aliphatic rings. The van der Waals surface area contributed by atoms with Gasteiger partial charge in [0.15, 0.2) is 0 Å². The minimum Gasteiger partial charge on any atom is -0.311 e. The van der Waals surface area contributed by atoms with E-state index in [2.05, 4.69) is 20.0 Å². The summed E-state index contributed by atoms with van der Waals surface area (Å²) in [5.41, 5.74) is 2.45. The Morgan fingerprint density at radius 2 is 2.19 bits per heavy atom. The molecular weight excluding hydrogens is 378 g/mol. The van der Waals surface area contributed by atoms with Gasteiger partial charge in [-0.3, -0.25) is 14.2 Å². The van der Waals surface area contributed by atoms with Crippen LogP contribution in [-0.4, -0.2) is 93.0 Å². The standard InChI is InChI=1S/C15H25N5O6S/c21-14(17-25-9-11-5-10(6-16-11)7-18-3-4-18)13-2-1-12-8-19(13)15(22)20(12)26-27(23)24/h10-13,16H,1-9H2,(H,17,21)(H,23,24)/t10-,11-,12?,13?/m0/s1. The number of nitrogens with zero attached hydrogens (tertiary/aromatic N) is 3. The van der Waals surface area contributed by atoms with Crippen LogP contribution in [0, 0.1) is 5.92 Å². The number of hydrogen-bond acceptors (Lipinski definition) is 7. The van der Waals surface area contributed by atoms with Gasteiger partial charge >= 0.3 is 17.4 Å². The fourth-order valence-corrected chi connectivity index (χ4v) is 4.46. The molecule has 4 saturated heterocycles. The molecule has 0 aliphatic carbocycles. The van der Waals surface area contributed by atoms with Crippen LogP contribution in [0.4, 0.5) is 4.79 Å². The summed E-state index contributed by atoms with van der Waals surface area (Å²) < 4.78 is 24.3. The van der Waals surface area contributed by atoms with Crippen molar-refractivity contribution in [3.8, 4) is 0 Å². The lowest BCUT2D eigenvalue weighted by atomic mass is 10.0. The molecule has 4 fully saturated rings. The molecule has 12 heteroatoms. The summed E-state index contributed by atoms with van der Waals surface area (Å²) in [5.74, 6) is 0.241. The molecule has 0 spiro atoms. The van der Waals surface area contributed by atoms with Gasteiger partial charge in [0.2, 0.25) is 0 Å². The molecule has 11 nitrogen and oxygen atoms in total. The average molecular weight is 403 g/mol. The molecule has 3 unspecified atom stereocenters. The monoisotopic (exact) mass is 403 g/mol. The van der Waals surface area contributed by atoms with E-state index in [1.54, 1.807) is 0 Å². The van der Waals surface area contributed by atoms with Crippen LogP contribution in [0.3, 0.4) is 0 Å². The smallest absolute Gasteiger partial charge is 0.311 e. The van der Waals surface area contributed by atoms with Crippen molar-refractivity contribution in [1.29, 1.82) is 0 Å². The zero-order valence-corrected chi connectivity index (χ0v) is 15.7. The van der Waals surface area contributed by atoms with Gasteiger partial charge in [-0.2, -0.15) is 9.27 Å². The van der Waals surface area contributed by atoms with Crippen molar-refractivity contribution >= 4 is 23.3 Å². The van der Waals surface area contributed by atoms with E-state index in [0.717, 1.165) is 24.6 Å². The van der Waals surface area contributed by atoms with Gasteiger partial charge in [-0.15, -0.1) is 4.28 Å². The highest BCUT2D eigenvalue weighted by molar-refractivity contribution is 7.74. The Kier molecular flexibility index (Phi) is 5.62. The first-order valence-electron chi connectivity index (χ1n) is 9.27. The van der Waals surface area contributed by atoms with Crippen molar-refractivity contribution in [1.82, 2.24) is 25.7 Å². The van der Waals surface area contributed by atoms with Crippen LogP contribution >= 0.6 is 0 Å². The second-order valence-electron chi connectivity index (χ2n) is 7.58. The minimum absolute atomic E-state index is 0.211. The summed E-state index contributed by atoms with van der Waals surface area (Å²) in [7, 11) is 0. The van der Waals surface area contributed by atoms with Crippen LogP contribution in [0.15, 0.2) is 0 Å². The quantitative estimate of drug-likeness (QED) is 0.259. The van der Waals surface area contributed by atoms with Crippen LogP contribution in [0.25, 0.3) is 0 Å². The summed E-state index contributed by atoms with van der Waals surface area (Å²) in [6.07, 6.45) is 1.98. The average Bonchev–Trinajstić information content (AvgIpc) is 3.29. The van der Waals surface area contributed by atoms with Gasteiger partial charge in [0, 0.05) is 32.2 Å². The molecular formula is C15H25N5O6S. The molecule has 4 aliphatic heterocycles. The third kappa shape index (κ3) is 4.41. The summed E-state index contributed by atoms with van der Waals surface area (Å²) in [5, 5.41) is 4.30. The lowest BCUT2D eigenvalue weighted by molar-refractivity contribution is -0.139. The van der Waals surface area contributed by atoms with E-state index in [1.807, 2.05) is 0 Å². The Morgan fingerprint density at radius 3 is 2.93 bits per heavy atom. The number of carbonyl (C=O) groups excluding carboxylic acids is 2. The van der Waals surface area contributed by atoms with Crippen LogP contribution in [0.2, 0.25) is 0 Å². The van der Waals surface area contributed by atoms with Crippen molar-refractivity contribution < 1.29 is 27.5 Å². The van der Waals surface area contributed by atoms with Gasteiger partial charge in [-0.25, -0.2) is 10.3 Å². The third-order valence-electron chi connectivity index (χ3n) is 5.60. The molecule has 4 heterocycles. The van der Waals surface area contributed by atoms with Crippen molar-refractivity contribution in [2.24, 2.45) is 5.92 Å². The van der Waals surface area contributed by atoms with Gasteiger partial charge in [0.05, 0.1) is 12.6 Å². The van der Waals surface area contributed by atoms with Crippen LogP contribution in [0.5, 0.6) is 0 Å². The van der Waals surface area contributed by atoms with E-state index in [9.17, 15) is 13.8 Å². The number of nitrogens with one attached hydrogen (secondary N) is 2. The molecule has 0 radical (unpaired) electrons. The number of fused-ring (bicyclic) bond motifs is 2. The molecule has 0 saturated carbocycles. The fourth-order valence-electron chi connectivity index (χ4n) is 4.14. The lowest BCUT2D eigenvalue weighted by Gasteiger charge is -2.29. The van der Waals surface area contributed by atoms with Gasteiger partial charge in [-0.1, -0.05) is 0 Å². The van der Waals surface area contributed by atoms with Crippen LogP contribution < -0.4 is 10.8 Å². The fraction of sp³-hybridized carbons (Fsp3) is 0.867. The van der Waals surface area contributed by atoms with Crippen LogP contribution in [-0.2, 0) is 25.3 Å². The maximum Gasteiger partial charge on any atom is 0.346 e. The second kappa shape index (κ2) is 7.97. The number of hydroxylamine groups is 3. The first kappa shape index (κ1) is 19.0. The predicted molar refractivity (Wildman–Crippen MR) is 93.0 cm³/mol. The van der Waals surface area contributed by atoms with Gasteiger partial charge < -0.3 is 15.1 Å². The Bertz CT molecular complexity index is 620. The van der Waals surface area contributed by atoms with E-state index >= 15 is 0 Å². The number of urea groups is 1. The zero-order chi connectivity index (χ0) is 19.0. The minimum atomic E-state index is -2.57. The molecule has 5 atom stereocenters. The van der Waals surface area contributed by atoms with Crippen molar-refractivity contribution in [3.05, 3.63) is 0 Å². The van der Waals surface area contributed by atoms with Crippen LogP contribution in [0.1, 0.15) is 19.3 Å². The number of rotatable bonds is 8. The van der Waals surface area contributed by atoms with E-state index in [1.165, 1.54) is 18.0 Å². The third-order valence-corrected chi connectivity index (χ3v) is 5.88. The molecule has 3 N–H and O–H groups in total. The topological polar surface area (TPSA) is 123 Å². The van der Waals surface area contributed by atoms with E-state index in [0.29, 0.717) is 25.4 Å². The number of carbonyl (C=O) groups is 2.